The fourth-order valence-corrected chi connectivity index (χ4v) is 1.62. The standard InChI is InChI=1S/C10H12N2O/c1-2-6-3-4-7-9(12-6)5-8(11)10(7)13/h3-4,8H,2,5,11H2,1H3. The van der Waals surface area contributed by atoms with E-state index in [1.807, 2.05) is 19.1 Å². The summed E-state index contributed by atoms with van der Waals surface area (Å²) < 4.78 is 0. The maximum Gasteiger partial charge on any atom is 0.181 e. The van der Waals surface area contributed by atoms with Crippen LogP contribution in [0.25, 0.3) is 0 Å². The molecule has 0 bridgehead atoms. The van der Waals surface area contributed by atoms with E-state index in [0.29, 0.717) is 12.0 Å². The van der Waals surface area contributed by atoms with Crippen LogP contribution < -0.4 is 5.73 Å². The first-order chi connectivity index (χ1) is 6.22. The number of carbonyl (C=O) groups is 1. The molecular formula is C10H12N2O. The molecule has 0 aliphatic heterocycles. The van der Waals surface area contributed by atoms with E-state index in [2.05, 4.69) is 4.98 Å². The van der Waals surface area contributed by atoms with Crippen molar-refractivity contribution in [2.75, 3.05) is 0 Å². The van der Waals surface area contributed by atoms with Gasteiger partial charge in [-0.05, 0) is 18.6 Å². The highest BCUT2D eigenvalue weighted by Crippen LogP contribution is 2.19. The summed E-state index contributed by atoms with van der Waals surface area (Å²) in [6.45, 7) is 2.05. The van der Waals surface area contributed by atoms with E-state index < -0.39 is 0 Å². The molecule has 0 radical (unpaired) electrons. The van der Waals surface area contributed by atoms with Crippen LogP contribution in [0.3, 0.4) is 0 Å². The summed E-state index contributed by atoms with van der Waals surface area (Å²) in [4.78, 5) is 15.8. The monoisotopic (exact) mass is 176 g/mol. The number of pyridine rings is 1. The molecule has 1 heterocycles. The fourth-order valence-electron chi connectivity index (χ4n) is 1.62. The smallest absolute Gasteiger partial charge is 0.181 e. The van der Waals surface area contributed by atoms with Crippen LogP contribution in [0.1, 0.15) is 28.7 Å². The molecule has 3 heteroatoms. The Kier molecular flexibility index (Phi) is 1.88. The average molecular weight is 176 g/mol. The molecular weight excluding hydrogens is 164 g/mol. The second-order valence-electron chi connectivity index (χ2n) is 3.33. The lowest BCUT2D eigenvalue weighted by Crippen LogP contribution is -2.26. The van der Waals surface area contributed by atoms with Gasteiger partial charge in [0.25, 0.3) is 0 Å². The van der Waals surface area contributed by atoms with Crippen LogP contribution in [0.2, 0.25) is 0 Å². The highest BCUT2D eigenvalue weighted by atomic mass is 16.1. The van der Waals surface area contributed by atoms with Crippen LogP contribution in [0.4, 0.5) is 0 Å². The normalized spacial score (nSPS) is 20.5. The molecule has 2 N–H and O–H groups in total. The second-order valence-corrected chi connectivity index (χ2v) is 3.33. The van der Waals surface area contributed by atoms with Crippen LogP contribution in [-0.2, 0) is 12.8 Å². The van der Waals surface area contributed by atoms with E-state index in [1.54, 1.807) is 0 Å². The van der Waals surface area contributed by atoms with E-state index in [9.17, 15) is 4.79 Å². The van der Waals surface area contributed by atoms with Gasteiger partial charge in [0.05, 0.1) is 11.7 Å². The van der Waals surface area contributed by atoms with Gasteiger partial charge >= 0.3 is 0 Å². The Bertz CT molecular complexity index is 360. The van der Waals surface area contributed by atoms with Crippen molar-refractivity contribution in [2.24, 2.45) is 5.73 Å². The number of nitrogens with two attached hydrogens (primary N) is 1. The lowest BCUT2D eigenvalue weighted by molar-refractivity contribution is 0.0974. The number of ketones is 1. The Balaban J connectivity index is 2.46. The molecule has 1 aromatic rings. The minimum Gasteiger partial charge on any atom is -0.321 e. The van der Waals surface area contributed by atoms with E-state index in [1.165, 1.54) is 0 Å². The summed E-state index contributed by atoms with van der Waals surface area (Å²) >= 11 is 0. The molecule has 1 aliphatic rings. The molecule has 0 amide bonds. The van der Waals surface area contributed by atoms with Gasteiger partial charge in [-0.3, -0.25) is 9.78 Å². The number of hydrogen-bond donors (Lipinski definition) is 1. The highest BCUT2D eigenvalue weighted by Gasteiger charge is 2.28. The van der Waals surface area contributed by atoms with Gasteiger partial charge in [-0.15, -0.1) is 0 Å². The van der Waals surface area contributed by atoms with Crippen LogP contribution in [0.15, 0.2) is 12.1 Å². The van der Waals surface area contributed by atoms with Gasteiger partial charge in [-0.25, -0.2) is 0 Å². The van der Waals surface area contributed by atoms with E-state index >= 15 is 0 Å². The molecule has 1 unspecified atom stereocenters. The predicted molar refractivity (Wildman–Crippen MR) is 49.6 cm³/mol. The summed E-state index contributed by atoms with van der Waals surface area (Å²) in [5.41, 5.74) is 8.24. The molecule has 2 rings (SSSR count). The molecule has 0 saturated carbocycles. The average Bonchev–Trinajstić information content (AvgIpc) is 2.42. The van der Waals surface area contributed by atoms with Crippen molar-refractivity contribution in [1.82, 2.24) is 4.98 Å². The third-order valence-electron chi connectivity index (χ3n) is 2.41. The van der Waals surface area contributed by atoms with E-state index in [0.717, 1.165) is 17.8 Å². The lowest BCUT2D eigenvalue weighted by Gasteiger charge is -1.98. The van der Waals surface area contributed by atoms with Gasteiger partial charge in [0.2, 0.25) is 0 Å². The number of carbonyl (C=O) groups excluding carboxylic acids is 1. The quantitative estimate of drug-likeness (QED) is 0.685. The van der Waals surface area contributed by atoms with Crippen molar-refractivity contribution in [3.8, 4) is 0 Å². The molecule has 0 fully saturated rings. The molecule has 3 nitrogen and oxygen atoms in total. The predicted octanol–water partition coefficient (Wildman–Crippen LogP) is 0.710. The zero-order valence-electron chi connectivity index (χ0n) is 7.58. The summed E-state index contributed by atoms with van der Waals surface area (Å²) in [6.07, 6.45) is 1.50. The maximum absolute atomic E-state index is 11.4. The van der Waals surface area contributed by atoms with Crippen LogP contribution in [0, 0.1) is 0 Å². The van der Waals surface area contributed by atoms with Crippen LogP contribution >= 0.6 is 0 Å². The molecule has 1 atom stereocenters. The number of hydrogen-bond acceptors (Lipinski definition) is 3. The number of aryl methyl sites for hydroxylation is 1. The first-order valence-electron chi connectivity index (χ1n) is 4.51. The Labute approximate surface area is 77.0 Å². The zero-order chi connectivity index (χ0) is 9.42. The minimum atomic E-state index is -0.366. The van der Waals surface area contributed by atoms with Crippen molar-refractivity contribution >= 4 is 5.78 Å². The maximum atomic E-state index is 11.4. The Morgan fingerprint density at radius 1 is 1.62 bits per heavy atom. The topological polar surface area (TPSA) is 56.0 Å². The molecule has 0 aromatic carbocycles. The number of Topliss-reactive ketones (excluding diaryl/α,β-unsaturated/α-hetero) is 1. The summed E-state index contributed by atoms with van der Waals surface area (Å²) in [5.74, 6) is 0.0325. The van der Waals surface area contributed by atoms with Crippen LogP contribution in [0.5, 0.6) is 0 Å². The Morgan fingerprint density at radius 2 is 2.38 bits per heavy atom. The van der Waals surface area contributed by atoms with E-state index in [-0.39, 0.29) is 11.8 Å². The van der Waals surface area contributed by atoms with Gasteiger partial charge in [-0.2, -0.15) is 0 Å². The highest BCUT2D eigenvalue weighted by molar-refractivity contribution is 6.03. The number of fused-ring (bicyclic) bond motifs is 1. The van der Waals surface area contributed by atoms with Crippen molar-refractivity contribution in [3.63, 3.8) is 0 Å². The van der Waals surface area contributed by atoms with Crippen molar-refractivity contribution in [3.05, 3.63) is 29.1 Å². The van der Waals surface area contributed by atoms with Crippen molar-refractivity contribution in [2.45, 2.75) is 25.8 Å². The van der Waals surface area contributed by atoms with Crippen LogP contribution in [-0.4, -0.2) is 16.8 Å². The van der Waals surface area contributed by atoms with E-state index in [4.69, 9.17) is 5.73 Å². The number of nitrogens with zero attached hydrogens (tertiary/aromatic N) is 1. The summed E-state index contributed by atoms with van der Waals surface area (Å²) in [5, 5.41) is 0. The Hall–Kier alpha value is -1.22. The molecule has 1 aliphatic carbocycles. The molecule has 13 heavy (non-hydrogen) atoms. The Morgan fingerprint density at radius 3 is 3.08 bits per heavy atom. The molecule has 0 spiro atoms. The SMILES string of the molecule is CCc1ccc2c(n1)CC(N)C2=O. The van der Waals surface area contributed by atoms with Gasteiger partial charge in [0.15, 0.2) is 5.78 Å². The van der Waals surface area contributed by atoms with Crippen molar-refractivity contribution in [1.29, 1.82) is 0 Å². The fraction of sp³-hybridized carbons (Fsp3) is 0.400. The van der Waals surface area contributed by atoms with Gasteiger partial charge < -0.3 is 5.73 Å². The van der Waals surface area contributed by atoms with Gasteiger partial charge in [0, 0.05) is 17.7 Å². The number of rotatable bonds is 1. The van der Waals surface area contributed by atoms with Gasteiger partial charge in [-0.1, -0.05) is 6.92 Å². The molecule has 0 saturated heterocycles. The molecule has 1 aromatic heterocycles. The number of aromatic nitrogens is 1. The van der Waals surface area contributed by atoms with Gasteiger partial charge in [0.1, 0.15) is 0 Å². The zero-order valence-corrected chi connectivity index (χ0v) is 7.58. The van der Waals surface area contributed by atoms with Crippen molar-refractivity contribution < 1.29 is 4.79 Å². The minimum absolute atomic E-state index is 0.0325. The summed E-state index contributed by atoms with van der Waals surface area (Å²) in [7, 11) is 0. The third kappa shape index (κ3) is 1.25. The summed E-state index contributed by atoms with van der Waals surface area (Å²) in [6, 6.07) is 3.38. The second kappa shape index (κ2) is 2.92. The third-order valence-corrected chi connectivity index (χ3v) is 2.41. The molecule has 68 valence electrons. The first kappa shape index (κ1) is 8.38. The largest absolute Gasteiger partial charge is 0.321 e. The first-order valence-corrected chi connectivity index (χ1v) is 4.51. The lowest BCUT2D eigenvalue weighted by atomic mass is 10.1.